The Morgan fingerprint density at radius 1 is 0.431 bits per heavy atom. The molecule has 1 aliphatic rings. The number of thiophene rings is 1. The van der Waals surface area contributed by atoms with Crippen LogP contribution in [0.25, 0.3) is 75.5 Å². The number of nitrogens with zero attached hydrogens (tertiary/aromatic N) is 1. The fourth-order valence-corrected chi connectivity index (χ4v) is 11.1. The van der Waals surface area contributed by atoms with Crippen LogP contribution in [-0.4, -0.2) is 0 Å². The molecule has 0 bridgehead atoms. The van der Waals surface area contributed by atoms with Crippen LogP contribution in [0.3, 0.4) is 0 Å². The second-order valence-corrected chi connectivity index (χ2v) is 18.3. The Kier molecular flexibility index (Phi) is 7.83. The maximum Gasteiger partial charge on any atom is 0.136 e. The van der Waals surface area contributed by atoms with Gasteiger partial charge in [0.05, 0.1) is 0 Å². The van der Waals surface area contributed by atoms with E-state index in [-0.39, 0.29) is 10.8 Å². The van der Waals surface area contributed by atoms with Gasteiger partial charge in [-0.25, -0.2) is 0 Å². The standard InChI is InChI=1S/C55H43NOS/c1-54(2)34-55(3,4)48-33-50-46(32-47(48)54)53-43(18-12-19-49(53)57-50)37-23-27-39(28-24-37)56(40-29-30-52-45(31-40)44-17-10-11-20-51(44)58-52)38-25-21-36(22-26-38)42-16-9-8-15-41(42)35-13-6-5-7-14-35/h5-33H,34H2,1-4H3. The SMILES string of the molecule is CC1(C)CC(C)(C)c2cc3c(cc21)oc1cccc(-c2ccc(N(c4ccc(-c5ccccc5-c5ccccc5)cc4)c4ccc5sc6ccccc6c5c4)cc2)c13. The minimum absolute atomic E-state index is 0.110. The molecule has 3 heteroatoms. The zero-order valence-electron chi connectivity index (χ0n) is 33.2. The Hall–Kier alpha value is -6.42. The van der Waals surface area contributed by atoms with E-state index in [1.165, 1.54) is 75.5 Å². The first-order valence-corrected chi connectivity index (χ1v) is 21.1. The normalized spacial score (nSPS) is 14.4. The fraction of sp³-hybridized carbons (Fsp3) is 0.127. The van der Waals surface area contributed by atoms with Gasteiger partial charge in [0.15, 0.2) is 0 Å². The van der Waals surface area contributed by atoms with Crippen LogP contribution in [0.2, 0.25) is 0 Å². The van der Waals surface area contributed by atoms with Crippen molar-refractivity contribution in [2.75, 3.05) is 4.90 Å². The van der Waals surface area contributed by atoms with E-state index in [9.17, 15) is 0 Å². The first-order chi connectivity index (χ1) is 28.2. The second-order valence-electron chi connectivity index (χ2n) is 17.2. The predicted molar refractivity (Wildman–Crippen MR) is 248 cm³/mol. The van der Waals surface area contributed by atoms with E-state index < -0.39 is 0 Å². The molecule has 280 valence electrons. The highest BCUT2D eigenvalue weighted by Gasteiger charge is 2.42. The van der Waals surface area contributed by atoms with Gasteiger partial charge < -0.3 is 9.32 Å². The Labute approximate surface area is 343 Å². The lowest BCUT2D eigenvalue weighted by molar-refractivity contribution is 0.403. The van der Waals surface area contributed by atoms with Gasteiger partial charge in [-0.15, -0.1) is 11.3 Å². The van der Waals surface area contributed by atoms with Crippen LogP contribution in [0.5, 0.6) is 0 Å². The number of benzene rings is 8. The Morgan fingerprint density at radius 3 is 1.69 bits per heavy atom. The van der Waals surface area contributed by atoms with Crippen LogP contribution < -0.4 is 4.90 Å². The summed E-state index contributed by atoms with van der Waals surface area (Å²) in [5.74, 6) is 0. The molecule has 0 aliphatic heterocycles. The summed E-state index contributed by atoms with van der Waals surface area (Å²) >= 11 is 1.85. The average molecular weight is 766 g/mol. The Balaban J connectivity index is 1.03. The summed E-state index contributed by atoms with van der Waals surface area (Å²) in [7, 11) is 0. The summed E-state index contributed by atoms with van der Waals surface area (Å²) in [4.78, 5) is 2.39. The number of hydrogen-bond acceptors (Lipinski definition) is 3. The minimum Gasteiger partial charge on any atom is -0.456 e. The van der Waals surface area contributed by atoms with E-state index in [0.29, 0.717) is 0 Å². The third-order valence-corrected chi connectivity index (χ3v) is 13.6. The molecule has 0 radical (unpaired) electrons. The molecule has 0 saturated carbocycles. The van der Waals surface area contributed by atoms with Crippen molar-refractivity contribution in [1.29, 1.82) is 0 Å². The van der Waals surface area contributed by atoms with Crippen molar-refractivity contribution in [2.24, 2.45) is 0 Å². The van der Waals surface area contributed by atoms with Gasteiger partial charge in [-0.2, -0.15) is 0 Å². The summed E-state index contributed by atoms with van der Waals surface area (Å²) in [6.07, 6.45) is 1.13. The van der Waals surface area contributed by atoms with Gasteiger partial charge in [-0.1, -0.05) is 137 Å². The van der Waals surface area contributed by atoms with Gasteiger partial charge in [-0.3, -0.25) is 0 Å². The molecule has 2 aromatic heterocycles. The number of hydrogen-bond donors (Lipinski definition) is 0. The van der Waals surface area contributed by atoms with Crippen molar-refractivity contribution in [3.63, 3.8) is 0 Å². The molecule has 2 heterocycles. The van der Waals surface area contributed by atoms with Crippen molar-refractivity contribution >= 4 is 70.5 Å². The third kappa shape index (κ3) is 5.60. The van der Waals surface area contributed by atoms with Crippen LogP contribution in [0.4, 0.5) is 17.1 Å². The molecular formula is C55H43NOS. The Morgan fingerprint density at radius 2 is 0.983 bits per heavy atom. The molecule has 1 aliphatic carbocycles. The maximum atomic E-state index is 6.60. The van der Waals surface area contributed by atoms with Crippen molar-refractivity contribution < 1.29 is 4.42 Å². The van der Waals surface area contributed by atoms with Crippen LogP contribution in [0.1, 0.15) is 45.2 Å². The van der Waals surface area contributed by atoms with E-state index >= 15 is 0 Å². The van der Waals surface area contributed by atoms with Gasteiger partial charge in [0.1, 0.15) is 11.2 Å². The monoisotopic (exact) mass is 765 g/mol. The number of anilines is 3. The molecule has 11 rings (SSSR count). The summed E-state index contributed by atoms with van der Waals surface area (Å²) in [5.41, 5.74) is 15.6. The number of rotatable bonds is 6. The lowest BCUT2D eigenvalue weighted by atomic mass is 9.82. The molecule has 0 spiro atoms. The summed E-state index contributed by atoms with van der Waals surface area (Å²) in [5, 5.41) is 4.97. The average Bonchev–Trinajstić information content (AvgIpc) is 3.87. The van der Waals surface area contributed by atoms with Gasteiger partial charge in [0.2, 0.25) is 0 Å². The van der Waals surface area contributed by atoms with Crippen molar-refractivity contribution in [3.05, 3.63) is 187 Å². The smallest absolute Gasteiger partial charge is 0.136 e. The van der Waals surface area contributed by atoms with Crippen molar-refractivity contribution in [2.45, 2.75) is 44.9 Å². The van der Waals surface area contributed by atoms with Gasteiger partial charge in [0.25, 0.3) is 0 Å². The van der Waals surface area contributed by atoms with E-state index in [4.69, 9.17) is 4.42 Å². The molecule has 2 nitrogen and oxygen atoms in total. The van der Waals surface area contributed by atoms with E-state index in [0.717, 1.165) is 34.6 Å². The zero-order chi connectivity index (χ0) is 39.2. The number of fused-ring (bicyclic) bond motifs is 7. The zero-order valence-corrected chi connectivity index (χ0v) is 34.0. The first-order valence-electron chi connectivity index (χ1n) is 20.3. The first kappa shape index (κ1) is 34.8. The van der Waals surface area contributed by atoms with Crippen LogP contribution in [0, 0.1) is 0 Å². The second kappa shape index (κ2) is 13.1. The summed E-state index contributed by atoms with van der Waals surface area (Å²) in [6, 6.07) is 64.4. The van der Waals surface area contributed by atoms with Gasteiger partial charge >= 0.3 is 0 Å². The van der Waals surface area contributed by atoms with Gasteiger partial charge in [0, 0.05) is 48.0 Å². The van der Waals surface area contributed by atoms with E-state index in [1.54, 1.807) is 0 Å². The summed E-state index contributed by atoms with van der Waals surface area (Å²) < 4.78 is 9.21. The molecule has 0 atom stereocenters. The largest absolute Gasteiger partial charge is 0.456 e. The maximum absolute atomic E-state index is 6.60. The molecule has 8 aromatic carbocycles. The molecule has 0 unspecified atom stereocenters. The van der Waals surface area contributed by atoms with Crippen LogP contribution >= 0.6 is 11.3 Å². The quantitative estimate of drug-likeness (QED) is 0.168. The molecule has 0 fully saturated rings. The lowest BCUT2D eigenvalue weighted by Crippen LogP contribution is -2.17. The third-order valence-electron chi connectivity index (χ3n) is 12.5. The fourth-order valence-electron chi connectivity index (χ4n) is 10.0. The molecule has 0 amide bonds. The molecule has 10 aromatic rings. The predicted octanol–water partition coefficient (Wildman–Crippen LogP) is 16.4. The topological polar surface area (TPSA) is 16.4 Å². The summed E-state index contributed by atoms with van der Waals surface area (Å²) in [6.45, 7) is 9.50. The minimum atomic E-state index is 0.110. The van der Waals surface area contributed by atoms with Crippen LogP contribution in [-0.2, 0) is 10.8 Å². The molecule has 58 heavy (non-hydrogen) atoms. The highest BCUT2D eigenvalue weighted by Crippen LogP contribution is 2.52. The van der Waals surface area contributed by atoms with Gasteiger partial charge in [-0.05, 0) is 128 Å². The van der Waals surface area contributed by atoms with Crippen molar-refractivity contribution in [1.82, 2.24) is 0 Å². The highest BCUT2D eigenvalue weighted by molar-refractivity contribution is 7.25. The molecule has 0 N–H and O–H groups in total. The lowest BCUT2D eigenvalue weighted by Gasteiger charge is -2.26. The highest BCUT2D eigenvalue weighted by atomic mass is 32.1. The van der Waals surface area contributed by atoms with Crippen molar-refractivity contribution in [3.8, 4) is 33.4 Å². The molecule has 0 saturated heterocycles. The van der Waals surface area contributed by atoms with Crippen LogP contribution in [0.15, 0.2) is 180 Å². The number of furan rings is 1. The molecular weight excluding hydrogens is 723 g/mol. The Bertz CT molecular complexity index is 3180. The van der Waals surface area contributed by atoms with E-state index in [2.05, 4.69) is 209 Å². The van der Waals surface area contributed by atoms with E-state index in [1.807, 2.05) is 11.3 Å².